The normalized spacial score (nSPS) is 10.5. The lowest BCUT2D eigenvalue weighted by Gasteiger charge is -2.07. The number of anilines is 1. The monoisotopic (exact) mass is 375 g/mol. The molecule has 0 atom stereocenters. The summed E-state index contributed by atoms with van der Waals surface area (Å²) in [5.74, 6) is -1.29. The highest BCUT2D eigenvalue weighted by molar-refractivity contribution is 7.13. The van der Waals surface area contributed by atoms with Crippen molar-refractivity contribution in [1.82, 2.24) is 20.2 Å². The van der Waals surface area contributed by atoms with Crippen molar-refractivity contribution in [3.63, 3.8) is 0 Å². The second-order valence-corrected chi connectivity index (χ2v) is 6.24. The average Bonchev–Trinajstić information content (AvgIpc) is 3.28. The molecule has 0 aliphatic carbocycles. The standard InChI is InChI=1S/C16H14FN5O3S/c1-10-4-5-11(7-12(10)17)18-14(23)9-25-15(24)8-22-20-16(19-21-22)13-3-2-6-26-13/h2-7H,8-9H2,1H3,(H,18,23). The summed E-state index contributed by atoms with van der Waals surface area (Å²) in [6, 6.07) is 7.98. The minimum absolute atomic E-state index is 0.273. The van der Waals surface area contributed by atoms with Crippen molar-refractivity contribution < 1.29 is 18.7 Å². The molecule has 26 heavy (non-hydrogen) atoms. The summed E-state index contributed by atoms with van der Waals surface area (Å²) < 4.78 is 18.3. The highest BCUT2D eigenvalue weighted by Gasteiger charge is 2.13. The molecule has 0 fully saturated rings. The second-order valence-electron chi connectivity index (χ2n) is 5.29. The van der Waals surface area contributed by atoms with Crippen LogP contribution >= 0.6 is 11.3 Å². The number of hydrogen-bond donors (Lipinski definition) is 1. The lowest BCUT2D eigenvalue weighted by molar-refractivity contribution is -0.148. The third-order valence-electron chi connectivity index (χ3n) is 3.28. The summed E-state index contributed by atoms with van der Waals surface area (Å²) >= 11 is 1.45. The van der Waals surface area contributed by atoms with Gasteiger partial charge in [-0.2, -0.15) is 4.80 Å². The van der Waals surface area contributed by atoms with Crippen LogP contribution in [0.2, 0.25) is 0 Å². The van der Waals surface area contributed by atoms with E-state index < -0.39 is 24.3 Å². The molecule has 0 unspecified atom stereocenters. The van der Waals surface area contributed by atoms with Crippen molar-refractivity contribution in [2.24, 2.45) is 0 Å². The molecule has 0 saturated heterocycles. The lowest BCUT2D eigenvalue weighted by Crippen LogP contribution is -2.23. The quantitative estimate of drug-likeness (QED) is 0.662. The van der Waals surface area contributed by atoms with Crippen molar-refractivity contribution in [2.45, 2.75) is 13.5 Å². The maximum atomic E-state index is 13.4. The van der Waals surface area contributed by atoms with Gasteiger partial charge in [0, 0.05) is 5.69 Å². The Morgan fingerprint density at radius 3 is 2.92 bits per heavy atom. The number of ether oxygens (including phenoxy) is 1. The number of tetrazole rings is 1. The van der Waals surface area contributed by atoms with Crippen LogP contribution in [0.3, 0.4) is 0 Å². The molecule has 0 saturated carbocycles. The minimum atomic E-state index is -0.689. The Hall–Kier alpha value is -3.14. The highest BCUT2D eigenvalue weighted by atomic mass is 32.1. The Balaban J connectivity index is 1.47. The first kappa shape index (κ1) is 17.7. The molecule has 0 aliphatic rings. The van der Waals surface area contributed by atoms with Gasteiger partial charge in [-0.25, -0.2) is 9.18 Å². The van der Waals surface area contributed by atoms with E-state index in [1.165, 1.54) is 17.4 Å². The number of aromatic nitrogens is 4. The van der Waals surface area contributed by atoms with E-state index in [4.69, 9.17) is 4.74 Å². The van der Waals surface area contributed by atoms with E-state index in [1.54, 1.807) is 19.1 Å². The van der Waals surface area contributed by atoms with Gasteiger partial charge >= 0.3 is 5.97 Å². The van der Waals surface area contributed by atoms with Gasteiger partial charge in [-0.3, -0.25) is 4.79 Å². The van der Waals surface area contributed by atoms with Crippen molar-refractivity contribution in [1.29, 1.82) is 0 Å². The fourth-order valence-corrected chi connectivity index (χ4v) is 2.64. The van der Waals surface area contributed by atoms with Crippen molar-refractivity contribution >= 4 is 28.9 Å². The van der Waals surface area contributed by atoms with Gasteiger partial charge in [0.1, 0.15) is 5.82 Å². The molecule has 2 heterocycles. The number of aryl methyl sites for hydroxylation is 1. The van der Waals surface area contributed by atoms with E-state index in [0.717, 1.165) is 9.67 Å². The molecule has 0 spiro atoms. The summed E-state index contributed by atoms with van der Waals surface area (Å²) in [6.07, 6.45) is 0. The summed E-state index contributed by atoms with van der Waals surface area (Å²) in [4.78, 5) is 25.5. The van der Waals surface area contributed by atoms with E-state index in [-0.39, 0.29) is 12.2 Å². The SMILES string of the molecule is Cc1ccc(NC(=O)COC(=O)Cn2nnc(-c3cccs3)n2)cc1F. The molecule has 3 rings (SSSR count). The number of amides is 1. The molecule has 134 valence electrons. The molecule has 1 N–H and O–H groups in total. The highest BCUT2D eigenvalue weighted by Crippen LogP contribution is 2.19. The Kier molecular flexibility index (Phi) is 5.32. The van der Waals surface area contributed by atoms with Crippen molar-refractivity contribution in [3.8, 4) is 10.7 Å². The van der Waals surface area contributed by atoms with E-state index >= 15 is 0 Å². The zero-order chi connectivity index (χ0) is 18.5. The zero-order valence-corrected chi connectivity index (χ0v) is 14.5. The van der Waals surface area contributed by atoms with E-state index in [2.05, 4.69) is 20.7 Å². The molecule has 0 bridgehead atoms. The van der Waals surface area contributed by atoms with Crippen LogP contribution in [0.4, 0.5) is 10.1 Å². The number of carbonyl (C=O) groups is 2. The predicted molar refractivity (Wildman–Crippen MR) is 91.9 cm³/mol. The first-order chi connectivity index (χ1) is 12.5. The fourth-order valence-electron chi connectivity index (χ4n) is 1.99. The van der Waals surface area contributed by atoms with E-state index in [9.17, 15) is 14.0 Å². The van der Waals surface area contributed by atoms with Gasteiger partial charge < -0.3 is 10.1 Å². The Morgan fingerprint density at radius 1 is 1.35 bits per heavy atom. The van der Waals surface area contributed by atoms with Gasteiger partial charge in [-0.1, -0.05) is 12.1 Å². The molecule has 0 radical (unpaired) electrons. The number of hydrogen-bond acceptors (Lipinski definition) is 7. The summed E-state index contributed by atoms with van der Waals surface area (Å²) in [5.41, 5.74) is 0.754. The van der Waals surface area contributed by atoms with Crippen LogP contribution in [0.15, 0.2) is 35.7 Å². The smallest absolute Gasteiger partial charge is 0.330 e. The number of esters is 1. The molecular formula is C16H14FN5O3S. The molecule has 10 heteroatoms. The Labute approximate surface area is 151 Å². The molecule has 1 amide bonds. The molecule has 2 aromatic heterocycles. The van der Waals surface area contributed by atoms with Gasteiger partial charge in [0.25, 0.3) is 5.91 Å². The van der Waals surface area contributed by atoms with Gasteiger partial charge in [0.15, 0.2) is 13.2 Å². The number of benzene rings is 1. The van der Waals surface area contributed by atoms with Gasteiger partial charge in [0.2, 0.25) is 5.82 Å². The van der Waals surface area contributed by atoms with Crippen molar-refractivity contribution in [2.75, 3.05) is 11.9 Å². The Morgan fingerprint density at radius 2 is 2.19 bits per heavy atom. The van der Waals surface area contributed by atoms with Gasteiger partial charge in [0.05, 0.1) is 4.88 Å². The van der Waals surface area contributed by atoms with Crippen LogP contribution in [-0.4, -0.2) is 38.7 Å². The largest absolute Gasteiger partial charge is 0.454 e. The number of carbonyl (C=O) groups excluding carboxylic acids is 2. The maximum absolute atomic E-state index is 13.4. The van der Waals surface area contributed by atoms with Crippen LogP contribution in [-0.2, 0) is 20.9 Å². The average molecular weight is 375 g/mol. The molecular weight excluding hydrogens is 361 g/mol. The molecule has 8 nitrogen and oxygen atoms in total. The van der Waals surface area contributed by atoms with E-state index in [0.29, 0.717) is 11.4 Å². The minimum Gasteiger partial charge on any atom is -0.454 e. The zero-order valence-electron chi connectivity index (χ0n) is 13.7. The van der Waals surface area contributed by atoms with Crippen LogP contribution in [0.1, 0.15) is 5.56 Å². The Bertz CT molecular complexity index is 926. The number of rotatable bonds is 6. The number of halogens is 1. The maximum Gasteiger partial charge on any atom is 0.330 e. The fraction of sp³-hybridized carbons (Fsp3) is 0.188. The van der Waals surface area contributed by atoms with Crippen LogP contribution in [0, 0.1) is 12.7 Å². The van der Waals surface area contributed by atoms with Crippen LogP contribution < -0.4 is 5.32 Å². The molecule has 1 aromatic carbocycles. The number of nitrogens with zero attached hydrogens (tertiary/aromatic N) is 4. The summed E-state index contributed by atoms with van der Waals surface area (Å²) in [7, 11) is 0. The van der Waals surface area contributed by atoms with Gasteiger partial charge in [-0.05, 0) is 41.3 Å². The lowest BCUT2D eigenvalue weighted by atomic mass is 10.2. The topological polar surface area (TPSA) is 99.0 Å². The van der Waals surface area contributed by atoms with Crippen LogP contribution in [0.5, 0.6) is 0 Å². The number of nitrogens with one attached hydrogen (secondary N) is 1. The third-order valence-corrected chi connectivity index (χ3v) is 4.15. The van der Waals surface area contributed by atoms with E-state index in [1.807, 2.05) is 17.5 Å². The first-order valence-corrected chi connectivity index (χ1v) is 8.42. The van der Waals surface area contributed by atoms with Crippen LogP contribution in [0.25, 0.3) is 10.7 Å². The molecule has 0 aliphatic heterocycles. The molecule has 3 aromatic rings. The summed E-state index contributed by atoms with van der Waals surface area (Å²) in [6.45, 7) is 0.844. The summed E-state index contributed by atoms with van der Waals surface area (Å²) in [5, 5.41) is 16.0. The first-order valence-electron chi connectivity index (χ1n) is 7.54. The van der Waals surface area contributed by atoms with Gasteiger partial charge in [-0.15, -0.1) is 21.5 Å². The van der Waals surface area contributed by atoms with Crippen molar-refractivity contribution in [3.05, 3.63) is 47.1 Å². The predicted octanol–water partition coefficient (Wildman–Crippen LogP) is 2.03. The number of thiophene rings is 1. The third kappa shape index (κ3) is 4.48. The second kappa shape index (κ2) is 7.83.